The van der Waals surface area contributed by atoms with Gasteiger partial charge in [-0.25, -0.2) is 0 Å². The van der Waals surface area contributed by atoms with Crippen LogP contribution in [0.4, 0.5) is 5.69 Å². The Morgan fingerprint density at radius 3 is 2.53 bits per heavy atom. The molecule has 3 aromatic rings. The molecule has 0 saturated heterocycles. The molecule has 0 spiro atoms. The van der Waals surface area contributed by atoms with Gasteiger partial charge in [0.1, 0.15) is 0 Å². The summed E-state index contributed by atoms with van der Waals surface area (Å²) in [6.07, 6.45) is 0. The molecule has 84 valence electrons. The van der Waals surface area contributed by atoms with Gasteiger partial charge in [0, 0.05) is 27.8 Å². The number of nitrogen functional groups attached to an aromatic ring is 1. The van der Waals surface area contributed by atoms with Crippen LogP contribution in [0.5, 0.6) is 0 Å². The van der Waals surface area contributed by atoms with Gasteiger partial charge in [0.25, 0.3) is 0 Å². The zero-order valence-corrected chi connectivity index (χ0v) is 9.70. The number of aromatic nitrogens is 1. The van der Waals surface area contributed by atoms with Crippen LogP contribution in [0.15, 0.2) is 48.5 Å². The molecule has 17 heavy (non-hydrogen) atoms. The number of hydrogen-bond acceptors (Lipinski definition) is 1. The Balaban J connectivity index is 2.35. The highest BCUT2D eigenvalue weighted by Crippen LogP contribution is 2.32. The maximum Gasteiger partial charge on any atom is 0.0463 e. The zero-order valence-electron chi connectivity index (χ0n) is 9.70. The van der Waals surface area contributed by atoms with E-state index in [-0.39, 0.29) is 0 Å². The fourth-order valence-electron chi connectivity index (χ4n) is 2.32. The van der Waals surface area contributed by atoms with Crippen molar-refractivity contribution >= 4 is 16.6 Å². The van der Waals surface area contributed by atoms with E-state index >= 15 is 0 Å². The fourth-order valence-corrected chi connectivity index (χ4v) is 2.32. The first-order chi connectivity index (χ1) is 8.25. The summed E-state index contributed by atoms with van der Waals surface area (Å²) in [6.45, 7) is 2.10. The summed E-state index contributed by atoms with van der Waals surface area (Å²) in [5.41, 5.74) is 11.4. The van der Waals surface area contributed by atoms with Crippen LogP contribution in [0.3, 0.4) is 0 Å². The molecule has 0 aliphatic carbocycles. The smallest absolute Gasteiger partial charge is 0.0463 e. The van der Waals surface area contributed by atoms with E-state index in [0.717, 1.165) is 11.2 Å². The van der Waals surface area contributed by atoms with Gasteiger partial charge in [-0.15, -0.1) is 0 Å². The highest BCUT2D eigenvalue weighted by molar-refractivity contribution is 5.98. The van der Waals surface area contributed by atoms with E-state index in [1.54, 1.807) is 0 Å². The van der Waals surface area contributed by atoms with E-state index in [9.17, 15) is 0 Å². The molecule has 3 N–H and O–H groups in total. The molecule has 0 amide bonds. The molecule has 0 radical (unpaired) electrons. The lowest BCUT2D eigenvalue weighted by atomic mass is 10.0. The van der Waals surface area contributed by atoms with Crippen molar-refractivity contribution in [3.63, 3.8) is 0 Å². The predicted molar refractivity (Wildman–Crippen MR) is 72.9 cm³/mol. The molecule has 3 rings (SSSR count). The van der Waals surface area contributed by atoms with Gasteiger partial charge in [-0.1, -0.05) is 30.3 Å². The first kappa shape index (κ1) is 9.97. The van der Waals surface area contributed by atoms with Crippen molar-refractivity contribution in [2.24, 2.45) is 0 Å². The third-order valence-electron chi connectivity index (χ3n) is 3.07. The van der Waals surface area contributed by atoms with Crippen molar-refractivity contribution in [3.05, 3.63) is 54.2 Å². The third kappa shape index (κ3) is 1.58. The second-order valence-corrected chi connectivity index (χ2v) is 4.30. The van der Waals surface area contributed by atoms with Crippen molar-refractivity contribution in [1.82, 2.24) is 4.98 Å². The zero-order chi connectivity index (χ0) is 11.8. The SMILES string of the molecule is Cc1[nH]c2ccc(N)cc2c1-c1ccccc1. The van der Waals surface area contributed by atoms with Crippen molar-refractivity contribution in [1.29, 1.82) is 0 Å². The maximum absolute atomic E-state index is 5.87. The number of hydrogen-bond donors (Lipinski definition) is 2. The number of nitrogens with two attached hydrogens (primary N) is 1. The number of aromatic amines is 1. The first-order valence-corrected chi connectivity index (χ1v) is 5.69. The van der Waals surface area contributed by atoms with Gasteiger partial charge in [-0.05, 0) is 30.7 Å². The van der Waals surface area contributed by atoms with Crippen LogP contribution in [-0.4, -0.2) is 4.98 Å². The largest absolute Gasteiger partial charge is 0.399 e. The van der Waals surface area contributed by atoms with Crippen LogP contribution in [0.1, 0.15) is 5.69 Å². The summed E-state index contributed by atoms with van der Waals surface area (Å²) in [5.74, 6) is 0. The lowest BCUT2D eigenvalue weighted by Crippen LogP contribution is -1.83. The van der Waals surface area contributed by atoms with Crippen LogP contribution in [0.2, 0.25) is 0 Å². The Morgan fingerprint density at radius 2 is 1.76 bits per heavy atom. The Bertz CT molecular complexity index is 666. The number of nitrogens with one attached hydrogen (secondary N) is 1. The van der Waals surface area contributed by atoms with Crippen molar-refractivity contribution in [2.45, 2.75) is 6.92 Å². The minimum Gasteiger partial charge on any atom is -0.399 e. The van der Waals surface area contributed by atoms with Crippen molar-refractivity contribution < 1.29 is 0 Å². The van der Waals surface area contributed by atoms with E-state index in [1.165, 1.54) is 22.2 Å². The normalized spacial score (nSPS) is 10.9. The highest BCUT2D eigenvalue weighted by Gasteiger charge is 2.09. The molecule has 0 atom stereocenters. The minimum absolute atomic E-state index is 0.800. The van der Waals surface area contributed by atoms with Gasteiger partial charge in [-0.3, -0.25) is 0 Å². The lowest BCUT2D eigenvalue weighted by Gasteiger charge is -2.01. The molecule has 0 aliphatic rings. The molecule has 0 saturated carbocycles. The summed E-state index contributed by atoms with van der Waals surface area (Å²) in [4.78, 5) is 3.40. The number of rotatable bonds is 1. The number of benzene rings is 2. The summed E-state index contributed by atoms with van der Waals surface area (Å²) in [7, 11) is 0. The van der Waals surface area contributed by atoms with Gasteiger partial charge in [-0.2, -0.15) is 0 Å². The number of fused-ring (bicyclic) bond motifs is 1. The summed E-state index contributed by atoms with van der Waals surface area (Å²) >= 11 is 0. The van der Waals surface area contributed by atoms with E-state index < -0.39 is 0 Å². The second kappa shape index (κ2) is 3.67. The first-order valence-electron chi connectivity index (χ1n) is 5.69. The number of aryl methyl sites for hydroxylation is 1. The Morgan fingerprint density at radius 1 is 1.00 bits per heavy atom. The molecule has 1 heterocycles. The molecule has 0 unspecified atom stereocenters. The summed E-state index contributed by atoms with van der Waals surface area (Å²) < 4.78 is 0. The lowest BCUT2D eigenvalue weighted by molar-refractivity contribution is 1.30. The fraction of sp³-hybridized carbons (Fsp3) is 0.0667. The van der Waals surface area contributed by atoms with Gasteiger partial charge in [0.05, 0.1) is 0 Å². The van der Waals surface area contributed by atoms with Gasteiger partial charge < -0.3 is 10.7 Å². The highest BCUT2D eigenvalue weighted by atomic mass is 14.7. The average molecular weight is 222 g/mol. The topological polar surface area (TPSA) is 41.8 Å². The molecular formula is C15H14N2. The summed E-state index contributed by atoms with van der Waals surface area (Å²) in [5, 5.41) is 1.19. The molecule has 0 bridgehead atoms. The van der Waals surface area contributed by atoms with Crippen molar-refractivity contribution in [2.75, 3.05) is 5.73 Å². The molecule has 0 fully saturated rings. The Kier molecular flexibility index (Phi) is 2.15. The Labute approximate surface area is 100 Å². The minimum atomic E-state index is 0.800. The standard InChI is InChI=1S/C15H14N2/c1-10-15(11-5-3-2-4-6-11)13-9-12(16)7-8-14(13)17-10/h2-9,17H,16H2,1H3. The molecule has 2 heteroatoms. The second-order valence-electron chi connectivity index (χ2n) is 4.30. The number of H-pyrrole nitrogens is 1. The third-order valence-corrected chi connectivity index (χ3v) is 3.07. The van der Waals surface area contributed by atoms with Crippen LogP contribution in [-0.2, 0) is 0 Å². The van der Waals surface area contributed by atoms with Gasteiger partial charge >= 0.3 is 0 Å². The average Bonchev–Trinajstić information content (AvgIpc) is 2.65. The van der Waals surface area contributed by atoms with Crippen molar-refractivity contribution in [3.8, 4) is 11.1 Å². The molecule has 0 aliphatic heterocycles. The van der Waals surface area contributed by atoms with Crippen LogP contribution in [0, 0.1) is 6.92 Å². The molecule has 2 nitrogen and oxygen atoms in total. The van der Waals surface area contributed by atoms with E-state index in [1.807, 2.05) is 24.3 Å². The van der Waals surface area contributed by atoms with Gasteiger partial charge in [0.2, 0.25) is 0 Å². The van der Waals surface area contributed by atoms with E-state index in [4.69, 9.17) is 5.73 Å². The molecule has 1 aromatic heterocycles. The van der Waals surface area contributed by atoms with Gasteiger partial charge in [0.15, 0.2) is 0 Å². The predicted octanol–water partition coefficient (Wildman–Crippen LogP) is 3.73. The molecular weight excluding hydrogens is 208 g/mol. The number of anilines is 1. The maximum atomic E-state index is 5.87. The van der Waals surface area contributed by atoms with Crippen LogP contribution >= 0.6 is 0 Å². The molecule has 2 aromatic carbocycles. The summed E-state index contributed by atoms with van der Waals surface area (Å²) in [6, 6.07) is 16.4. The Hall–Kier alpha value is -2.22. The quantitative estimate of drug-likeness (QED) is 0.605. The monoisotopic (exact) mass is 222 g/mol. The van der Waals surface area contributed by atoms with E-state index in [0.29, 0.717) is 0 Å². The van der Waals surface area contributed by atoms with E-state index in [2.05, 4.69) is 36.2 Å². The van der Waals surface area contributed by atoms with Crippen LogP contribution < -0.4 is 5.73 Å². The van der Waals surface area contributed by atoms with Crippen LogP contribution in [0.25, 0.3) is 22.0 Å².